The fourth-order valence-electron chi connectivity index (χ4n) is 3.46. The Kier molecular flexibility index (Phi) is 5.66. The Hall–Kier alpha value is -2.64. The van der Waals surface area contributed by atoms with Gasteiger partial charge in [0, 0.05) is 22.6 Å². The van der Waals surface area contributed by atoms with Crippen molar-refractivity contribution in [2.45, 2.75) is 36.0 Å². The molecule has 0 aliphatic carbocycles. The third-order valence-electron chi connectivity index (χ3n) is 4.96. The summed E-state index contributed by atoms with van der Waals surface area (Å²) in [6.45, 7) is 4.82. The molecule has 0 saturated heterocycles. The molecule has 7 heteroatoms. The Morgan fingerprint density at radius 1 is 1.10 bits per heavy atom. The molecule has 5 nitrogen and oxygen atoms in total. The Labute approximate surface area is 180 Å². The van der Waals surface area contributed by atoms with Crippen molar-refractivity contribution in [3.63, 3.8) is 0 Å². The minimum Gasteiger partial charge on any atom is -0.493 e. The van der Waals surface area contributed by atoms with Gasteiger partial charge in [0.25, 0.3) is 0 Å². The molecule has 156 valence electrons. The highest BCUT2D eigenvalue weighted by Crippen LogP contribution is 2.46. The van der Waals surface area contributed by atoms with E-state index in [4.69, 9.17) is 4.74 Å². The summed E-state index contributed by atoms with van der Waals surface area (Å²) >= 11 is 1.37. The monoisotopic (exact) mass is 441 g/mol. The van der Waals surface area contributed by atoms with Gasteiger partial charge in [0.15, 0.2) is 0 Å². The number of ether oxygens (including phenoxy) is 1. The van der Waals surface area contributed by atoms with Crippen molar-refractivity contribution in [2.24, 2.45) is 5.92 Å². The quantitative estimate of drug-likeness (QED) is 0.578. The van der Waals surface area contributed by atoms with Gasteiger partial charge in [-0.2, -0.15) is 0 Å². The lowest BCUT2D eigenvalue weighted by molar-refractivity contribution is -0.116. The Morgan fingerprint density at radius 3 is 2.47 bits per heavy atom. The molecule has 1 aliphatic heterocycles. The molecule has 0 bridgehead atoms. The van der Waals surface area contributed by atoms with Crippen molar-refractivity contribution in [2.75, 3.05) is 11.9 Å². The summed E-state index contributed by atoms with van der Waals surface area (Å²) < 4.78 is 32.0. The molecule has 30 heavy (non-hydrogen) atoms. The Morgan fingerprint density at radius 2 is 1.80 bits per heavy atom. The number of fused-ring (bicyclic) bond motifs is 1. The van der Waals surface area contributed by atoms with Gasteiger partial charge in [0.2, 0.25) is 15.7 Å². The van der Waals surface area contributed by atoms with Crippen LogP contribution in [0.4, 0.5) is 5.69 Å². The van der Waals surface area contributed by atoms with Crippen LogP contribution in [0.25, 0.3) is 0 Å². The van der Waals surface area contributed by atoms with E-state index in [9.17, 15) is 13.2 Å². The number of thiophene rings is 1. The predicted octanol–water partition coefficient (Wildman–Crippen LogP) is 5.09. The Bertz CT molecular complexity index is 1150. The molecular weight excluding hydrogens is 418 g/mol. The van der Waals surface area contributed by atoms with Crippen LogP contribution in [-0.2, 0) is 14.6 Å². The summed E-state index contributed by atoms with van der Waals surface area (Å²) in [6.07, 6.45) is 0.282. The molecule has 1 amide bonds. The normalized spacial score (nSPS) is 16.2. The van der Waals surface area contributed by atoms with Gasteiger partial charge in [0.05, 0.1) is 17.2 Å². The second-order valence-corrected chi connectivity index (χ2v) is 10.6. The van der Waals surface area contributed by atoms with E-state index in [1.54, 1.807) is 35.7 Å². The van der Waals surface area contributed by atoms with Crippen molar-refractivity contribution in [1.29, 1.82) is 0 Å². The van der Waals surface area contributed by atoms with Gasteiger partial charge in [-0.15, -0.1) is 11.3 Å². The molecule has 0 fully saturated rings. The van der Waals surface area contributed by atoms with E-state index < -0.39 is 9.84 Å². The summed E-state index contributed by atoms with van der Waals surface area (Å²) in [5, 5.41) is 4.43. The summed E-state index contributed by atoms with van der Waals surface area (Å²) in [7, 11) is -3.71. The highest BCUT2D eigenvalue weighted by atomic mass is 32.2. The van der Waals surface area contributed by atoms with Crippen molar-refractivity contribution in [3.8, 4) is 5.75 Å². The molecule has 0 saturated carbocycles. The van der Waals surface area contributed by atoms with Gasteiger partial charge in [-0.05, 0) is 35.7 Å². The number of carbonyl (C=O) groups excluding carboxylic acids is 1. The lowest BCUT2D eigenvalue weighted by Gasteiger charge is -2.24. The van der Waals surface area contributed by atoms with E-state index in [2.05, 4.69) is 19.2 Å². The summed E-state index contributed by atoms with van der Waals surface area (Å²) in [5.74, 6) is 0.852. The number of rotatable bonds is 6. The average molecular weight is 442 g/mol. The van der Waals surface area contributed by atoms with Gasteiger partial charge in [-0.25, -0.2) is 8.42 Å². The average Bonchev–Trinajstić information content (AvgIpc) is 3.17. The zero-order valence-corrected chi connectivity index (χ0v) is 18.4. The van der Waals surface area contributed by atoms with Gasteiger partial charge >= 0.3 is 0 Å². The van der Waals surface area contributed by atoms with Gasteiger partial charge in [0.1, 0.15) is 10.6 Å². The number of benzene rings is 2. The molecule has 1 unspecified atom stereocenters. The maximum Gasteiger partial charge on any atom is 0.225 e. The molecule has 3 aromatic rings. The first kappa shape index (κ1) is 20.6. The molecule has 2 heterocycles. The van der Waals surface area contributed by atoms with Crippen LogP contribution in [0.1, 0.15) is 36.6 Å². The summed E-state index contributed by atoms with van der Waals surface area (Å²) in [5.41, 5.74) is 1.37. The maximum absolute atomic E-state index is 13.1. The third kappa shape index (κ3) is 4.00. The number of sulfone groups is 1. The minimum absolute atomic E-state index is 0.156. The highest BCUT2D eigenvalue weighted by Gasteiger charge is 2.34. The number of amides is 1. The smallest absolute Gasteiger partial charge is 0.225 e. The molecule has 1 aliphatic rings. The first-order chi connectivity index (χ1) is 14.4. The van der Waals surface area contributed by atoms with Crippen LogP contribution >= 0.6 is 11.3 Å². The predicted molar refractivity (Wildman–Crippen MR) is 118 cm³/mol. The number of nitrogens with one attached hydrogen (secondary N) is 1. The molecule has 1 atom stereocenters. The minimum atomic E-state index is -3.71. The lowest BCUT2D eigenvalue weighted by Crippen LogP contribution is -2.23. The maximum atomic E-state index is 13.1. The molecular formula is C23H23NO4S2. The van der Waals surface area contributed by atoms with Crippen molar-refractivity contribution in [1.82, 2.24) is 0 Å². The second kappa shape index (κ2) is 8.24. The SMILES string of the molecule is CC(C)COc1ccc(C2CC(=O)Nc3c(S(=O)(=O)c4ccccc4)csc32)cc1. The molecule has 1 N–H and O–H groups in total. The van der Waals surface area contributed by atoms with E-state index in [0.29, 0.717) is 18.2 Å². The third-order valence-corrected chi connectivity index (χ3v) is 8.00. The van der Waals surface area contributed by atoms with Crippen LogP contribution in [0.15, 0.2) is 69.8 Å². The number of hydrogen-bond donors (Lipinski definition) is 1. The van der Waals surface area contributed by atoms with E-state index >= 15 is 0 Å². The second-order valence-electron chi connectivity index (χ2n) is 7.73. The lowest BCUT2D eigenvalue weighted by atomic mass is 9.90. The number of carbonyl (C=O) groups is 1. The van der Waals surface area contributed by atoms with Crippen LogP contribution in [0, 0.1) is 5.92 Å². The summed E-state index contributed by atoms with van der Waals surface area (Å²) in [4.78, 5) is 13.7. The fraction of sp³-hybridized carbons (Fsp3) is 0.261. The van der Waals surface area contributed by atoms with Crippen LogP contribution in [0.5, 0.6) is 5.75 Å². The number of hydrogen-bond acceptors (Lipinski definition) is 5. The van der Waals surface area contributed by atoms with E-state index in [0.717, 1.165) is 16.2 Å². The molecule has 1 aromatic heterocycles. The largest absolute Gasteiger partial charge is 0.493 e. The molecule has 0 radical (unpaired) electrons. The van der Waals surface area contributed by atoms with Crippen LogP contribution in [-0.4, -0.2) is 20.9 Å². The van der Waals surface area contributed by atoms with Crippen LogP contribution in [0.2, 0.25) is 0 Å². The van der Waals surface area contributed by atoms with Crippen LogP contribution < -0.4 is 10.1 Å². The van der Waals surface area contributed by atoms with Crippen LogP contribution in [0.3, 0.4) is 0 Å². The summed E-state index contributed by atoms with van der Waals surface area (Å²) in [6, 6.07) is 16.0. The van der Waals surface area contributed by atoms with Gasteiger partial charge in [-0.3, -0.25) is 4.79 Å². The molecule has 4 rings (SSSR count). The highest BCUT2D eigenvalue weighted by molar-refractivity contribution is 7.91. The van der Waals surface area contributed by atoms with Crippen molar-refractivity contribution in [3.05, 3.63) is 70.4 Å². The first-order valence-corrected chi connectivity index (χ1v) is 12.2. The zero-order chi connectivity index (χ0) is 21.3. The fourth-order valence-corrected chi connectivity index (χ4v) is 6.39. The van der Waals surface area contributed by atoms with Gasteiger partial charge in [-0.1, -0.05) is 44.2 Å². The zero-order valence-electron chi connectivity index (χ0n) is 16.8. The van der Waals surface area contributed by atoms with Gasteiger partial charge < -0.3 is 10.1 Å². The Balaban J connectivity index is 1.68. The molecule has 0 spiro atoms. The standard InChI is InChI=1S/C23H23NO4S2/c1-15(2)13-28-17-10-8-16(9-11-17)19-12-21(25)24-22-20(14-29-23(19)22)30(26,27)18-6-4-3-5-7-18/h3-11,14-15,19H,12-13H2,1-2H3,(H,24,25). The molecule has 2 aromatic carbocycles. The van der Waals surface area contributed by atoms with Crippen molar-refractivity contribution >= 4 is 32.8 Å². The van der Waals surface area contributed by atoms with E-state index in [1.165, 1.54) is 11.3 Å². The van der Waals surface area contributed by atoms with E-state index in [1.807, 2.05) is 24.3 Å². The van der Waals surface area contributed by atoms with E-state index in [-0.39, 0.29) is 28.0 Å². The topological polar surface area (TPSA) is 72.5 Å². The number of anilines is 1. The first-order valence-electron chi connectivity index (χ1n) is 9.80. The van der Waals surface area contributed by atoms with Crippen molar-refractivity contribution < 1.29 is 17.9 Å².